The van der Waals surface area contributed by atoms with E-state index in [2.05, 4.69) is 15.3 Å². The molecule has 0 radical (unpaired) electrons. The molecular weight excluding hydrogens is 328 g/mol. The van der Waals surface area contributed by atoms with Crippen LogP contribution in [0.5, 0.6) is 0 Å². The van der Waals surface area contributed by atoms with E-state index in [0.29, 0.717) is 29.1 Å². The van der Waals surface area contributed by atoms with Gasteiger partial charge in [0.25, 0.3) is 0 Å². The van der Waals surface area contributed by atoms with Crippen LogP contribution in [0.25, 0.3) is 0 Å². The molecule has 118 valence electrons. The Kier molecular flexibility index (Phi) is 5.61. The number of nitrogens with zero attached hydrogens (tertiary/aromatic N) is 3. The summed E-state index contributed by atoms with van der Waals surface area (Å²) in [6, 6.07) is 1.81. The Morgan fingerprint density at radius 1 is 1.52 bits per heavy atom. The van der Waals surface area contributed by atoms with E-state index in [1.807, 2.05) is 17.2 Å². The number of thioether (sulfide) groups is 2. The predicted molar refractivity (Wildman–Crippen MR) is 91.3 cm³/mol. The standard InChI is InChI=1S/C12H20N4O2S3/c1-4-21(17,18)11-8-20-6-5-16(11)10-7-9(13-2)14-12(15-10)19-3/h7,11H,4-6,8H2,1-3H3,(H,13,14,15). The lowest BCUT2D eigenvalue weighted by Crippen LogP contribution is -2.48. The molecule has 1 N–H and O–H groups in total. The lowest BCUT2D eigenvalue weighted by Gasteiger charge is -2.35. The van der Waals surface area contributed by atoms with E-state index in [-0.39, 0.29) is 5.75 Å². The number of aromatic nitrogens is 2. The first kappa shape index (κ1) is 16.7. The van der Waals surface area contributed by atoms with Crippen LogP contribution in [0.3, 0.4) is 0 Å². The van der Waals surface area contributed by atoms with Gasteiger partial charge in [0.2, 0.25) is 0 Å². The summed E-state index contributed by atoms with van der Waals surface area (Å²) in [5.41, 5.74) is 0. The van der Waals surface area contributed by atoms with Gasteiger partial charge >= 0.3 is 0 Å². The Bertz CT molecular complexity index is 572. The molecular formula is C12H20N4O2S3. The van der Waals surface area contributed by atoms with Crippen LogP contribution < -0.4 is 10.2 Å². The molecule has 0 spiro atoms. The Hall–Kier alpha value is -0.670. The molecule has 1 saturated heterocycles. The first-order chi connectivity index (χ1) is 10.0. The summed E-state index contributed by atoms with van der Waals surface area (Å²) in [6.45, 7) is 2.38. The zero-order chi connectivity index (χ0) is 15.5. The third kappa shape index (κ3) is 3.75. The fourth-order valence-corrected chi connectivity index (χ4v) is 5.46. The molecule has 9 heteroatoms. The van der Waals surface area contributed by atoms with Gasteiger partial charge in [-0.1, -0.05) is 18.7 Å². The van der Waals surface area contributed by atoms with E-state index in [0.717, 1.165) is 5.75 Å². The summed E-state index contributed by atoms with van der Waals surface area (Å²) in [5, 5.41) is 3.14. The van der Waals surface area contributed by atoms with Crippen LogP contribution in [-0.2, 0) is 9.84 Å². The number of rotatable bonds is 5. The molecule has 2 rings (SSSR count). The monoisotopic (exact) mass is 348 g/mol. The van der Waals surface area contributed by atoms with Crippen LogP contribution in [0.1, 0.15) is 6.92 Å². The van der Waals surface area contributed by atoms with E-state index in [1.165, 1.54) is 11.8 Å². The first-order valence-electron chi connectivity index (χ1n) is 6.68. The first-order valence-corrected chi connectivity index (χ1v) is 10.8. The average Bonchev–Trinajstić information content (AvgIpc) is 2.54. The van der Waals surface area contributed by atoms with Gasteiger partial charge < -0.3 is 10.2 Å². The molecule has 6 nitrogen and oxygen atoms in total. The summed E-state index contributed by atoms with van der Waals surface area (Å²) in [7, 11) is -1.35. The van der Waals surface area contributed by atoms with Gasteiger partial charge in [0.05, 0.1) is 0 Å². The summed E-state index contributed by atoms with van der Waals surface area (Å²) < 4.78 is 24.7. The highest BCUT2D eigenvalue weighted by atomic mass is 32.2. The largest absolute Gasteiger partial charge is 0.373 e. The van der Waals surface area contributed by atoms with Crippen molar-refractivity contribution >= 4 is 45.0 Å². The van der Waals surface area contributed by atoms with Gasteiger partial charge in [-0.3, -0.25) is 0 Å². The maximum absolute atomic E-state index is 12.3. The maximum Gasteiger partial charge on any atom is 0.191 e. The Labute approximate surface area is 134 Å². The Balaban J connectivity index is 2.42. The quantitative estimate of drug-likeness (QED) is 0.635. The highest BCUT2D eigenvalue weighted by Crippen LogP contribution is 2.28. The third-order valence-electron chi connectivity index (χ3n) is 3.33. The zero-order valence-corrected chi connectivity index (χ0v) is 14.8. The van der Waals surface area contributed by atoms with Crippen molar-refractivity contribution in [3.63, 3.8) is 0 Å². The second-order valence-corrected chi connectivity index (χ2v) is 8.89. The SMILES string of the molecule is CCS(=O)(=O)C1CSCCN1c1cc(NC)nc(SC)n1. The van der Waals surface area contributed by atoms with Crippen LogP contribution in [0.4, 0.5) is 11.6 Å². The molecule has 0 bridgehead atoms. The van der Waals surface area contributed by atoms with Crippen molar-refractivity contribution in [1.29, 1.82) is 0 Å². The van der Waals surface area contributed by atoms with Crippen LogP contribution in [0.2, 0.25) is 0 Å². The van der Waals surface area contributed by atoms with Gasteiger partial charge in [0, 0.05) is 36.9 Å². The molecule has 1 aromatic rings. The highest BCUT2D eigenvalue weighted by Gasteiger charge is 2.34. The molecule has 0 saturated carbocycles. The molecule has 1 fully saturated rings. The van der Waals surface area contributed by atoms with Crippen LogP contribution in [-0.4, -0.2) is 60.9 Å². The van der Waals surface area contributed by atoms with E-state index >= 15 is 0 Å². The fraction of sp³-hybridized carbons (Fsp3) is 0.667. The van der Waals surface area contributed by atoms with E-state index in [4.69, 9.17) is 0 Å². The van der Waals surface area contributed by atoms with Gasteiger partial charge in [0.1, 0.15) is 17.0 Å². The Morgan fingerprint density at radius 2 is 2.29 bits per heavy atom. The average molecular weight is 349 g/mol. The minimum atomic E-state index is -3.14. The van der Waals surface area contributed by atoms with Crippen molar-refractivity contribution in [2.45, 2.75) is 17.5 Å². The normalized spacial score (nSPS) is 19.6. The van der Waals surface area contributed by atoms with Crippen LogP contribution in [0, 0.1) is 0 Å². The van der Waals surface area contributed by atoms with Crippen molar-refractivity contribution in [3.05, 3.63) is 6.07 Å². The minimum Gasteiger partial charge on any atom is -0.373 e. The second-order valence-electron chi connectivity index (χ2n) is 4.52. The molecule has 2 heterocycles. The lowest BCUT2D eigenvalue weighted by molar-refractivity contribution is 0.578. The van der Waals surface area contributed by atoms with Gasteiger partial charge in [-0.2, -0.15) is 11.8 Å². The third-order valence-corrected chi connectivity index (χ3v) is 7.16. The maximum atomic E-state index is 12.3. The van der Waals surface area contributed by atoms with Crippen molar-refractivity contribution < 1.29 is 8.42 Å². The van der Waals surface area contributed by atoms with Crippen molar-refractivity contribution in [3.8, 4) is 0 Å². The van der Waals surface area contributed by atoms with Gasteiger partial charge in [-0.15, -0.1) is 0 Å². The topological polar surface area (TPSA) is 75.2 Å². The van der Waals surface area contributed by atoms with Gasteiger partial charge in [-0.25, -0.2) is 18.4 Å². The smallest absolute Gasteiger partial charge is 0.191 e. The number of anilines is 2. The molecule has 0 aliphatic carbocycles. The summed E-state index contributed by atoms with van der Waals surface area (Å²) in [4.78, 5) is 10.7. The molecule has 0 amide bonds. The number of hydrogen-bond acceptors (Lipinski definition) is 8. The summed E-state index contributed by atoms with van der Waals surface area (Å²) in [6.07, 6.45) is 1.91. The molecule has 0 aromatic carbocycles. The molecule has 21 heavy (non-hydrogen) atoms. The van der Waals surface area contributed by atoms with E-state index in [1.54, 1.807) is 25.7 Å². The van der Waals surface area contributed by atoms with Crippen LogP contribution in [0.15, 0.2) is 11.2 Å². The molecule has 1 aliphatic rings. The molecule has 1 unspecified atom stereocenters. The van der Waals surface area contributed by atoms with Gasteiger partial charge in [-0.05, 0) is 6.26 Å². The number of nitrogens with one attached hydrogen (secondary N) is 1. The van der Waals surface area contributed by atoms with Gasteiger partial charge in [0.15, 0.2) is 15.0 Å². The Morgan fingerprint density at radius 3 is 2.90 bits per heavy atom. The molecule has 1 aliphatic heterocycles. The van der Waals surface area contributed by atoms with E-state index < -0.39 is 15.2 Å². The van der Waals surface area contributed by atoms with Crippen molar-refractivity contribution in [2.75, 3.05) is 47.3 Å². The minimum absolute atomic E-state index is 0.147. The summed E-state index contributed by atoms with van der Waals surface area (Å²) in [5.74, 6) is 3.03. The fourth-order valence-electron chi connectivity index (χ4n) is 2.11. The lowest BCUT2D eigenvalue weighted by atomic mass is 10.4. The highest BCUT2D eigenvalue weighted by molar-refractivity contribution is 8.01. The van der Waals surface area contributed by atoms with Crippen molar-refractivity contribution in [1.82, 2.24) is 9.97 Å². The van der Waals surface area contributed by atoms with Crippen LogP contribution >= 0.6 is 23.5 Å². The van der Waals surface area contributed by atoms with Crippen molar-refractivity contribution in [2.24, 2.45) is 0 Å². The molecule has 1 aromatic heterocycles. The number of hydrogen-bond donors (Lipinski definition) is 1. The zero-order valence-electron chi connectivity index (χ0n) is 12.4. The number of sulfone groups is 1. The second kappa shape index (κ2) is 7.06. The summed E-state index contributed by atoms with van der Waals surface area (Å²) >= 11 is 3.13. The van der Waals surface area contributed by atoms with E-state index in [9.17, 15) is 8.42 Å². The predicted octanol–water partition coefficient (Wildman–Crippen LogP) is 1.55. The molecule has 1 atom stereocenters.